The third-order valence-electron chi connectivity index (χ3n) is 3.19. The highest BCUT2D eigenvalue weighted by Crippen LogP contribution is 2.24. The van der Waals surface area contributed by atoms with Crippen LogP contribution in [-0.4, -0.2) is 55.6 Å². The summed E-state index contributed by atoms with van der Waals surface area (Å²) < 4.78 is 0. The van der Waals surface area contributed by atoms with Crippen LogP contribution in [-0.2, 0) is 0 Å². The highest BCUT2D eigenvalue weighted by molar-refractivity contribution is 4.97. The van der Waals surface area contributed by atoms with Gasteiger partial charge in [0.25, 0.3) is 0 Å². The standard InChI is InChI=1S/C9H21N3/c1-4-12-6-5-9(7-10,8-12)11(2)3/h4-8,10H2,1-3H3. The summed E-state index contributed by atoms with van der Waals surface area (Å²) in [7, 11) is 4.26. The molecule has 0 radical (unpaired) electrons. The summed E-state index contributed by atoms with van der Waals surface area (Å²) in [5.74, 6) is 0. The van der Waals surface area contributed by atoms with Crippen molar-refractivity contribution in [3.63, 3.8) is 0 Å². The Balaban J connectivity index is 2.59. The SMILES string of the molecule is CCN1CCC(CN)(N(C)C)C1. The predicted octanol–water partition coefficient (Wildman–Crippen LogP) is -0.0289. The minimum Gasteiger partial charge on any atom is -0.329 e. The molecule has 0 aliphatic carbocycles. The molecular formula is C9H21N3. The van der Waals surface area contributed by atoms with Gasteiger partial charge in [0.2, 0.25) is 0 Å². The zero-order valence-corrected chi connectivity index (χ0v) is 8.51. The molecule has 3 nitrogen and oxygen atoms in total. The maximum atomic E-state index is 5.82. The summed E-state index contributed by atoms with van der Waals surface area (Å²) in [6, 6.07) is 0. The highest BCUT2D eigenvalue weighted by Gasteiger charge is 2.37. The normalized spacial score (nSPS) is 31.8. The average molecular weight is 171 g/mol. The summed E-state index contributed by atoms with van der Waals surface area (Å²) >= 11 is 0. The van der Waals surface area contributed by atoms with E-state index in [1.807, 2.05) is 0 Å². The van der Waals surface area contributed by atoms with Gasteiger partial charge in [-0.1, -0.05) is 6.92 Å². The number of rotatable bonds is 3. The largest absolute Gasteiger partial charge is 0.329 e. The summed E-state index contributed by atoms with van der Waals surface area (Å²) in [6.45, 7) is 6.47. The molecule has 0 amide bonds. The van der Waals surface area contributed by atoms with Gasteiger partial charge in [-0.05, 0) is 27.1 Å². The number of hydrogen-bond donors (Lipinski definition) is 1. The second-order valence-electron chi connectivity index (χ2n) is 3.94. The number of nitrogens with zero attached hydrogens (tertiary/aromatic N) is 2. The van der Waals surface area contributed by atoms with Gasteiger partial charge in [0, 0.05) is 25.2 Å². The molecule has 0 bridgehead atoms. The first-order chi connectivity index (χ1) is 5.64. The Kier molecular flexibility index (Phi) is 3.09. The van der Waals surface area contributed by atoms with E-state index in [-0.39, 0.29) is 5.54 Å². The van der Waals surface area contributed by atoms with E-state index >= 15 is 0 Å². The molecule has 0 aromatic rings. The van der Waals surface area contributed by atoms with Crippen LogP contribution in [0, 0.1) is 0 Å². The summed E-state index contributed by atoms with van der Waals surface area (Å²) in [5, 5.41) is 0. The van der Waals surface area contributed by atoms with Crippen molar-refractivity contribution in [2.45, 2.75) is 18.9 Å². The smallest absolute Gasteiger partial charge is 0.0464 e. The second kappa shape index (κ2) is 3.73. The molecule has 0 saturated carbocycles. The van der Waals surface area contributed by atoms with Crippen molar-refractivity contribution < 1.29 is 0 Å². The van der Waals surface area contributed by atoms with Crippen molar-refractivity contribution in [2.24, 2.45) is 5.73 Å². The van der Waals surface area contributed by atoms with E-state index in [1.54, 1.807) is 0 Å². The lowest BCUT2D eigenvalue weighted by Gasteiger charge is -2.35. The highest BCUT2D eigenvalue weighted by atomic mass is 15.3. The predicted molar refractivity (Wildman–Crippen MR) is 52.2 cm³/mol. The molecular weight excluding hydrogens is 150 g/mol. The molecule has 1 unspecified atom stereocenters. The van der Waals surface area contributed by atoms with E-state index in [0.29, 0.717) is 0 Å². The van der Waals surface area contributed by atoms with Crippen molar-refractivity contribution in [1.82, 2.24) is 9.80 Å². The van der Waals surface area contributed by atoms with Crippen LogP contribution < -0.4 is 5.73 Å². The lowest BCUT2D eigenvalue weighted by molar-refractivity contribution is 0.162. The van der Waals surface area contributed by atoms with Crippen molar-refractivity contribution in [3.8, 4) is 0 Å². The third kappa shape index (κ3) is 1.63. The zero-order valence-electron chi connectivity index (χ0n) is 8.51. The van der Waals surface area contributed by atoms with Gasteiger partial charge < -0.3 is 15.5 Å². The van der Waals surface area contributed by atoms with Crippen molar-refractivity contribution >= 4 is 0 Å². The number of likely N-dealkylation sites (tertiary alicyclic amines) is 1. The van der Waals surface area contributed by atoms with Gasteiger partial charge in [-0.2, -0.15) is 0 Å². The summed E-state index contributed by atoms with van der Waals surface area (Å²) in [6.07, 6.45) is 1.21. The molecule has 1 aliphatic heterocycles. The minimum atomic E-state index is 0.246. The fraction of sp³-hybridized carbons (Fsp3) is 1.00. The first-order valence-corrected chi connectivity index (χ1v) is 4.74. The van der Waals surface area contributed by atoms with E-state index in [2.05, 4.69) is 30.8 Å². The van der Waals surface area contributed by atoms with E-state index in [9.17, 15) is 0 Å². The zero-order chi connectivity index (χ0) is 9.19. The second-order valence-corrected chi connectivity index (χ2v) is 3.94. The monoisotopic (exact) mass is 171 g/mol. The van der Waals surface area contributed by atoms with E-state index in [4.69, 9.17) is 5.73 Å². The molecule has 3 heteroatoms. The molecule has 72 valence electrons. The molecule has 2 N–H and O–H groups in total. The Morgan fingerprint density at radius 2 is 2.17 bits per heavy atom. The number of likely N-dealkylation sites (N-methyl/N-ethyl adjacent to an activating group) is 2. The van der Waals surface area contributed by atoms with Crippen LogP contribution in [0.25, 0.3) is 0 Å². The average Bonchev–Trinajstić information content (AvgIpc) is 2.48. The Hall–Kier alpha value is -0.120. The van der Waals surface area contributed by atoms with E-state index in [0.717, 1.165) is 19.6 Å². The molecule has 0 aromatic heterocycles. The molecule has 1 fully saturated rings. The van der Waals surface area contributed by atoms with Crippen LogP contribution in [0.3, 0.4) is 0 Å². The first kappa shape index (κ1) is 9.96. The van der Waals surface area contributed by atoms with Crippen molar-refractivity contribution in [3.05, 3.63) is 0 Å². The lowest BCUT2D eigenvalue weighted by atomic mass is 9.97. The van der Waals surface area contributed by atoms with Crippen LogP contribution in [0.1, 0.15) is 13.3 Å². The van der Waals surface area contributed by atoms with Gasteiger partial charge in [0.15, 0.2) is 0 Å². The van der Waals surface area contributed by atoms with Gasteiger partial charge in [0.1, 0.15) is 0 Å². The molecule has 1 atom stereocenters. The van der Waals surface area contributed by atoms with Crippen LogP contribution in [0.2, 0.25) is 0 Å². The molecule has 1 rings (SSSR count). The molecule has 1 saturated heterocycles. The van der Waals surface area contributed by atoms with Gasteiger partial charge in [-0.3, -0.25) is 0 Å². The third-order valence-corrected chi connectivity index (χ3v) is 3.19. The lowest BCUT2D eigenvalue weighted by Crippen LogP contribution is -2.52. The van der Waals surface area contributed by atoms with Crippen LogP contribution in [0.4, 0.5) is 0 Å². The van der Waals surface area contributed by atoms with Gasteiger partial charge in [-0.25, -0.2) is 0 Å². The summed E-state index contributed by atoms with van der Waals surface area (Å²) in [4.78, 5) is 4.75. The minimum absolute atomic E-state index is 0.246. The molecule has 1 heterocycles. The Labute approximate surface area is 75.5 Å². The number of nitrogens with two attached hydrogens (primary N) is 1. The number of hydrogen-bond acceptors (Lipinski definition) is 3. The topological polar surface area (TPSA) is 32.5 Å². The van der Waals surface area contributed by atoms with Crippen LogP contribution >= 0.6 is 0 Å². The van der Waals surface area contributed by atoms with E-state index < -0.39 is 0 Å². The van der Waals surface area contributed by atoms with Gasteiger partial charge in [-0.15, -0.1) is 0 Å². The quantitative estimate of drug-likeness (QED) is 0.647. The fourth-order valence-corrected chi connectivity index (χ4v) is 1.92. The first-order valence-electron chi connectivity index (χ1n) is 4.74. The Morgan fingerprint density at radius 1 is 1.50 bits per heavy atom. The summed E-state index contributed by atoms with van der Waals surface area (Å²) in [5.41, 5.74) is 6.06. The van der Waals surface area contributed by atoms with E-state index in [1.165, 1.54) is 13.0 Å². The Morgan fingerprint density at radius 3 is 2.42 bits per heavy atom. The van der Waals surface area contributed by atoms with Crippen LogP contribution in [0.5, 0.6) is 0 Å². The van der Waals surface area contributed by atoms with Crippen molar-refractivity contribution in [1.29, 1.82) is 0 Å². The van der Waals surface area contributed by atoms with Gasteiger partial charge in [0.05, 0.1) is 0 Å². The molecule has 12 heavy (non-hydrogen) atoms. The Bertz CT molecular complexity index is 147. The van der Waals surface area contributed by atoms with Crippen LogP contribution in [0.15, 0.2) is 0 Å². The maximum absolute atomic E-state index is 5.82. The maximum Gasteiger partial charge on any atom is 0.0464 e. The molecule has 0 aromatic carbocycles. The molecule has 0 spiro atoms. The van der Waals surface area contributed by atoms with Gasteiger partial charge >= 0.3 is 0 Å². The fourth-order valence-electron chi connectivity index (χ4n) is 1.92. The van der Waals surface area contributed by atoms with Crippen molar-refractivity contribution in [2.75, 3.05) is 40.3 Å². The molecule has 1 aliphatic rings.